The molecule has 1 amide bonds. The van der Waals surface area contributed by atoms with Crippen molar-refractivity contribution in [1.29, 1.82) is 0 Å². The quantitative estimate of drug-likeness (QED) is 0.805. The lowest BCUT2D eigenvalue weighted by atomic mass is 10.1. The van der Waals surface area contributed by atoms with Crippen LogP contribution in [-0.2, 0) is 9.59 Å². The van der Waals surface area contributed by atoms with Gasteiger partial charge in [0.05, 0.1) is 11.8 Å². The highest BCUT2D eigenvalue weighted by molar-refractivity contribution is 8.00. The van der Waals surface area contributed by atoms with E-state index in [1.807, 2.05) is 0 Å². The fourth-order valence-electron chi connectivity index (χ4n) is 2.24. The van der Waals surface area contributed by atoms with E-state index in [1.165, 1.54) is 24.5 Å². The van der Waals surface area contributed by atoms with Gasteiger partial charge in [0.2, 0.25) is 5.91 Å². The monoisotopic (exact) mass is 300 g/mol. The summed E-state index contributed by atoms with van der Waals surface area (Å²) in [6, 6.07) is 0. The van der Waals surface area contributed by atoms with E-state index in [0.29, 0.717) is 6.42 Å². The van der Waals surface area contributed by atoms with Gasteiger partial charge in [-0.15, -0.1) is 11.8 Å². The van der Waals surface area contributed by atoms with Crippen LogP contribution in [-0.4, -0.2) is 57.5 Å². The summed E-state index contributed by atoms with van der Waals surface area (Å²) in [4.78, 5) is 25.7. The van der Waals surface area contributed by atoms with Gasteiger partial charge in [0.1, 0.15) is 5.70 Å². The first-order chi connectivity index (χ1) is 9.46. The van der Waals surface area contributed by atoms with E-state index in [4.69, 9.17) is 5.11 Å². The average molecular weight is 300 g/mol. The Balaban J connectivity index is 0.000000246. The van der Waals surface area contributed by atoms with Gasteiger partial charge < -0.3 is 10.0 Å². The maximum atomic E-state index is 11.1. The van der Waals surface area contributed by atoms with Crippen LogP contribution < -0.4 is 0 Å². The number of rotatable bonds is 4. The maximum absolute atomic E-state index is 11.1. The molecule has 0 saturated carbocycles. The minimum absolute atomic E-state index is 0.0716. The second kappa shape index (κ2) is 7.69. The highest BCUT2D eigenvalue weighted by atomic mass is 32.2. The van der Waals surface area contributed by atoms with Crippen molar-refractivity contribution in [2.24, 2.45) is 0 Å². The topological polar surface area (TPSA) is 60.9 Å². The van der Waals surface area contributed by atoms with Gasteiger partial charge in [-0.3, -0.25) is 9.69 Å². The number of carbonyl (C=O) groups excluding carboxylic acids is 1. The van der Waals surface area contributed by atoms with Gasteiger partial charge in [-0.05, 0) is 32.1 Å². The van der Waals surface area contributed by atoms with Crippen LogP contribution in [0.15, 0.2) is 11.3 Å². The van der Waals surface area contributed by atoms with Gasteiger partial charge >= 0.3 is 5.97 Å². The van der Waals surface area contributed by atoms with Crippen LogP contribution in [0.4, 0.5) is 0 Å². The first-order valence-corrected chi connectivity index (χ1v) is 8.10. The van der Waals surface area contributed by atoms with Crippen LogP contribution in [0.2, 0.25) is 0 Å². The van der Waals surface area contributed by atoms with E-state index >= 15 is 0 Å². The van der Waals surface area contributed by atoms with E-state index in [2.05, 4.69) is 25.7 Å². The van der Waals surface area contributed by atoms with Gasteiger partial charge in [0, 0.05) is 5.75 Å². The minimum atomic E-state index is -0.990. The summed E-state index contributed by atoms with van der Waals surface area (Å²) in [6.45, 7) is 11.9. The Bertz CT molecular complexity index is 400. The third-order valence-corrected chi connectivity index (χ3v) is 4.95. The molecular weight excluding hydrogens is 276 g/mol. The van der Waals surface area contributed by atoms with Gasteiger partial charge in [-0.25, -0.2) is 4.79 Å². The number of amides is 1. The number of aliphatic carboxylic acids is 1. The largest absolute Gasteiger partial charge is 0.477 e. The highest BCUT2D eigenvalue weighted by Crippen LogP contribution is 2.39. The van der Waals surface area contributed by atoms with E-state index in [1.54, 1.807) is 18.7 Å². The molecule has 1 N–H and O–H groups in total. The molecule has 0 aromatic heterocycles. The van der Waals surface area contributed by atoms with E-state index in [-0.39, 0.29) is 17.0 Å². The zero-order chi connectivity index (χ0) is 15.3. The Labute approximate surface area is 125 Å². The number of β-lactam (4-membered cyclic amide) rings is 1. The number of thioether (sulfide) groups is 1. The fourth-order valence-corrected chi connectivity index (χ4v) is 3.45. The molecule has 2 rings (SSSR count). The van der Waals surface area contributed by atoms with Crippen molar-refractivity contribution >= 4 is 23.6 Å². The highest BCUT2D eigenvalue weighted by Gasteiger charge is 2.44. The van der Waals surface area contributed by atoms with Crippen molar-refractivity contribution in [3.8, 4) is 0 Å². The molecule has 1 fully saturated rings. The molecule has 0 aromatic rings. The van der Waals surface area contributed by atoms with Crippen LogP contribution in [0, 0.1) is 0 Å². The summed E-state index contributed by atoms with van der Waals surface area (Å²) >= 11 is 1.63. The maximum Gasteiger partial charge on any atom is 0.352 e. The molecule has 2 heterocycles. The number of carboxylic acid groups (broad SMARTS) is 1. The zero-order valence-corrected chi connectivity index (χ0v) is 13.5. The fraction of sp³-hybridized carbons (Fsp3) is 0.714. The lowest BCUT2D eigenvalue weighted by Gasteiger charge is -2.43. The van der Waals surface area contributed by atoms with Crippen molar-refractivity contribution in [3.05, 3.63) is 11.3 Å². The number of fused-ring (bicyclic) bond motifs is 1. The summed E-state index contributed by atoms with van der Waals surface area (Å²) in [5, 5.41) is 8.96. The molecule has 0 spiro atoms. The van der Waals surface area contributed by atoms with E-state index < -0.39 is 5.97 Å². The summed E-state index contributed by atoms with van der Waals surface area (Å²) in [5.74, 6) is -0.347. The Kier molecular flexibility index (Phi) is 6.55. The van der Waals surface area contributed by atoms with Crippen LogP contribution in [0.5, 0.6) is 0 Å². The van der Waals surface area contributed by atoms with Crippen molar-refractivity contribution in [1.82, 2.24) is 9.80 Å². The van der Waals surface area contributed by atoms with Crippen molar-refractivity contribution in [3.63, 3.8) is 0 Å². The summed E-state index contributed by atoms with van der Waals surface area (Å²) in [7, 11) is 0. The second-order valence-electron chi connectivity index (χ2n) is 4.79. The molecule has 5 nitrogen and oxygen atoms in total. The summed E-state index contributed by atoms with van der Waals surface area (Å²) in [5.41, 5.74) is 0.974. The molecule has 0 bridgehead atoms. The molecule has 1 unspecified atom stereocenters. The minimum Gasteiger partial charge on any atom is -0.477 e. The molecule has 0 aliphatic carbocycles. The van der Waals surface area contributed by atoms with Gasteiger partial charge in [-0.1, -0.05) is 20.8 Å². The Hall–Kier alpha value is -1.01. The molecule has 2 aliphatic rings. The number of nitrogens with zero attached hydrogens (tertiary/aromatic N) is 2. The second-order valence-corrected chi connectivity index (χ2v) is 5.95. The molecule has 1 saturated heterocycles. The first kappa shape index (κ1) is 17.0. The molecule has 2 aliphatic heterocycles. The number of hydrogen-bond donors (Lipinski definition) is 1. The third kappa shape index (κ3) is 3.76. The standard InChI is InChI=1S/C8H9NO3S.C6H15N/c1-4-3-13-6-2-5(10)9(6)7(4)8(11)12;1-4-7(5-2)6-3/h6H,2-3H2,1H3,(H,11,12);4-6H2,1-3H3. The van der Waals surface area contributed by atoms with Gasteiger partial charge in [0.15, 0.2) is 0 Å². The number of carbonyl (C=O) groups is 2. The lowest BCUT2D eigenvalue weighted by Crippen LogP contribution is -2.53. The zero-order valence-electron chi connectivity index (χ0n) is 12.7. The number of hydrogen-bond acceptors (Lipinski definition) is 4. The number of carboxylic acids is 1. The molecule has 114 valence electrons. The van der Waals surface area contributed by atoms with E-state index in [9.17, 15) is 9.59 Å². The Morgan fingerprint density at radius 1 is 1.35 bits per heavy atom. The predicted molar refractivity (Wildman–Crippen MR) is 81.5 cm³/mol. The van der Waals surface area contributed by atoms with Gasteiger partial charge in [0.25, 0.3) is 0 Å². The molecule has 6 heteroatoms. The molecule has 0 aromatic carbocycles. The molecule has 20 heavy (non-hydrogen) atoms. The average Bonchev–Trinajstić information content (AvgIpc) is 2.42. The van der Waals surface area contributed by atoms with Crippen LogP contribution in [0.3, 0.4) is 0 Å². The van der Waals surface area contributed by atoms with E-state index in [0.717, 1.165) is 11.3 Å². The van der Waals surface area contributed by atoms with Crippen molar-refractivity contribution in [2.75, 3.05) is 25.4 Å². The summed E-state index contributed by atoms with van der Waals surface area (Å²) in [6.07, 6.45) is 0.481. The van der Waals surface area contributed by atoms with Crippen LogP contribution >= 0.6 is 11.8 Å². The van der Waals surface area contributed by atoms with Crippen molar-refractivity contribution in [2.45, 2.75) is 39.5 Å². The van der Waals surface area contributed by atoms with Gasteiger partial charge in [-0.2, -0.15) is 0 Å². The molecule has 1 atom stereocenters. The van der Waals surface area contributed by atoms with Crippen molar-refractivity contribution < 1.29 is 14.7 Å². The SMILES string of the molecule is CC1=C(C(=O)O)N2C(=O)CC2SC1.CCN(CC)CC. The Morgan fingerprint density at radius 3 is 2.20 bits per heavy atom. The third-order valence-electron chi connectivity index (χ3n) is 3.59. The first-order valence-electron chi connectivity index (χ1n) is 7.05. The molecule has 0 radical (unpaired) electrons. The predicted octanol–water partition coefficient (Wildman–Crippen LogP) is 2.00. The summed E-state index contributed by atoms with van der Waals surface area (Å²) < 4.78 is 0. The van der Waals surface area contributed by atoms with Crippen LogP contribution in [0.25, 0.3) is 0 Å². The normalized spacial score (nSPS) is 21.1. The molecular formula is C14H24N2O3S. The lowest BCUT2D eigenvalue weighted by molar-refractivity contribution is -0.146. The van der Waals surface area contributed by atoms with Crippen LogP contribution in [0.1, 0.15) is 34.1 Å². The smallest absolute Gasteiger partial charge is 0.352 e. The Morgan fingerprint density at radius 2 is 1.90 bits per heavy atom.